The molecule has 10 atom stereocenters. The fourth-order valence-corrected chi connectivity index (χ4v) is 12.8. The van der Waals surface area contributed by atoms with E-state index in [1.807, 2.05) is 87.5 Å². The van der Waals surface area contributed by atoms with Gasteiger partial charge in [-0.1, -0.05) is 189 Å². The Balaban J connectivity index is 1.04. The number of nitrogens with two attached hydrogens (primary N) is 1. The number of fused-ring (bicyclic) bond motifs is 1. The first kappa shape index (κ1) is 81.4. The van der Waals surface area contributed by atoms with Gasteiger partial charge >= 0.3 is 0 Å². The van der Waals surface area contributed by atoms with E-state index in [1.54, 1.807) is 91.0 Å². The SMILES string of the molecule is CC(=O)N[C@@H](Cc1ccc2ccccc2c1)C(=O)N[C@@H](Cc1ccccc1)C(=O)N[C@@H](Cc1ccccc1)C(=O)N[C@@H](CO)C(=O)N[C@@H](Cc1ccc(O)cc1)C(=O)N[C@@H](CCCCNCc1ccc(C)cc1)C(=O)N[C@@H](Cc1ccccc1)C(=O)N[C@@H](CC(C)C)C(=O)N1CCC[C@@H]1C(=O)N[C@@H](C)C(N)=O. The second-order valence-corrected chi connectivity index (χ2v) is 27.8. The van der Waals surface area contributed by atoms with Crippen molar-refractivity contribution in [2.24, 2.45) is 11.7 Å². The van der Waals surface area contributed by atoms with Gasteiger partial charge in [0.05, 0.1) is 6.61 Å². The van der Waals surface area contributed by atoms with Crippen LogP contribution in [0.3, 0.4) is 0 Å². The minimum atomic E-state index is -1.78. The number of amides is 11. The Bertz CT molecular complexity index is 4150. The van der Waals surface area contributed by atoms with Crippen molar-refractivity contribution in [3.05, 3.63) is 221 Å². The molecular formula is C82H100N12O13. The summed E-state index contributed by atoms with van der Waals surface area (Å²) < 4.78 is 0. The van der Waals surface area contributed by atoms with E-state index >= 15 is 9.59 Å². The molecule has 14 N–H and O–H groups in total. The quantitative estimate of drug-likeness (QED) is 0.0240. The minimum Gasteiger partial charge on any atom is -0.508 e. The van der Waals surface area contributed by atoms with Crippen molar-refractivity contribution in [2.45, 2.75) is 172 Å². The molecule has 0 radical (unpaired) electrons. The van der Waals surface area contributed by atoms with Gasteiger partial charge in [0.25, 0.3) is 0 Å². The number of benzene rings is 7. The highest BCUT2D eigenvalue weighted by Gasteiger charge is 2.41. The molecule has 25 nitrogen and oxygen atoms in total. The van der Waals surface area contributed by atoms with Gasteiger partial charge in [0.2, 0.25) is 65.0 Å². The Kier molecular flexibility index (Phi) is 31.0. The predicted octanol–water partition coefficient (Wildman–Crippen LogP) is 4.24. The second kappa shape index (κ2) is 40.8. The first-order valence-electron chi connectivity index (χ1n) is 36.4. The average molecular weight is 1460 g/mol. The van der Waals surface area contributed by atoms with Crippen molar-refractivity contribution in [2.75, 3.05) is 19.7 Å². The number of carbonyl (C=O) groups excluding carboxylic acids is 11. The average Bonchev–Trinajstić information content (AvgIpc) is 1.81. The Morgan fingerprint density at radius 1 is 0.458 bits per heavy atom. The fraction of sp³-hybridized carbons (Fsp3) is 0.378. The summed E-state index contributed by atoms with van der Waals surface area (Å²) in [7, 11) is 0. The van der Waals surface area contributed by atoms with Gasteiger partial charge in [-0.15, -0.1) is 0 Å². The number of rotatable bonds is 39. The van der Waals surface area contributed by atoms with E-state index in [4.69, 9.17) is 5.73 Å². The lowest BCUT2D eigenvalue weighted by Gasteiger charge is -2.31. The highest BCUT2D eigenvalue weighted by molar-refractivity contribution is 5.99. The summed E-state index contributed by atoms with van der Waals surface area (Å²) in [6.45, 7) is 8.67. The number of aliphatic hydroxyl groups is 1. The van der Waals surface area contributed by atoms with Crippen molar-refractivity contribution in [3.63, 3.8) is 0 Å². The van der Waals surface area contributed by atoms with E-state index in [0.717, 1.165) is 27.5 Å². The zero-order valence-corrected chi connectivity index (χ0v) is 61.2. The van der Waals surface area contributed by atoms with Crippen LogP contribution in [0.2, 0.25) is 0 Å². The van der Waals surface area contributed by atoms with E-state index in [9.17, 15) is 53.4 Å². The second-order valence-electron chi connectivity index (χ2n) is 27.8. The van der Waals surface area contributed by atoms with Crippen LogP contribution in [-0.4, -0.2) is 160 Å². The molecule has 1 fully saturated rings. The van der Waals surface area contributed by atoms with E-state index in [1.165, 1.54) is 43.0 Å². The Hall–Kier alpha value is -11.3. The Morgan fingerprint density at radius 2 is 0.869 bits per heavy atom. The number of unbranched alkanes of at least 4 members (excludes halogenated alkanes) is 1. The van der Waals surface area contributed by atoms with Gasteiger partial charge in [0.1, 0.15) is 66.2 Å². The lowest BCUT2D eigenvalue weighted by Crippen LogP contribution is -2.61. The monoisotopic (exact) mass is 1460 g/mol. The van der Waals surface area contributed by atoms with Crippen LogP contribution in [0.25, 0.3) is 10.8 Å². The molecule has 8 rings (SSSR count). The summed E-state index contributed by atoms with van der Waals surface area (Å²) in [4.78, 5) is 158. The van der Waals surface area contributed by atoms with Crippen LogP contribution in [0.5, 0.6) is 5.75 Å². The summed E-state index contributed by atoms with van der Waals surface area (Å²) in [5, 5.41) is 51.4. The highest BCUT2D eigenvalue weighted by Crippen LogP contribution is 2.23. The largest absolute Gasteiger partial charge is 0.508 e. The number of primary amides is 1. The van der Waals surface area contributed by atoms with Gasteiger partial charge in [0, 0.05) is 52.1 Å². The number of phenols is 1. The number of phenolic OH excluding ortho intramolecular Hbond substituents is 1. The predicted molar refractivity (Wildman–Crippen MR) is 406 cm³/mol. The van der Waals surface area contributed by atoms with Crippen LogP contribution in [0.1, 0.15) is 105 Å². The fourth-order valence-electron chi connectivity index (χ4n) is 12.8. The zero-order chi connectivity index (χ0) is 76.9. The molecule has 11 amide bonds. The van der Waals surface area contributed by atoms with Crippen LogP contribution in [0.15, 0.2) is 182 Å². The van der Waals surface area contributed by atoms with Crippen molar-refractivity contribution in [3.8, 4) is 5.75 Å². The molecule has 1 saturated heterocycles. The van der Waals surface area contributed by atoms with Gasteiger partial charge in [-0.2, -0.15) is 0 Å². The van der Waals surface area contributed by atoms with E-state index in [2.05, 4.69) is 53.2 Å². The van der Waals surface area contributed by atoms with Crippen LogP contribution >= 0.6 is 0 Å². The van der Waals surface area contributed by atoms with Crippen molar-refractivity contribution < 1.29 is 63.0 Å². The maximum absolute atomic E-state index is 15.2. The summed E-state index contributed by atoms with van der Waals surface area (Å²) in [6.07, 6.45) is 1.29. The molecule has 0 spiro atoms. The molecule has 7 aromatic carbocycles. The molecule has 1 aliphatic rings. The smallest absolute Gasteiger partial charge is 0.245 e. The third-order valence-corrected chi connectivity index (χ3v) is 18.6. The molecule has 0 unspecified atom stereocenters. The van der Waals surface area contributed by atoms with Crippen LogP contribution in [0.4, 0.5) is 0 Å². The number of likely N-dealkylation sites (tertiary alicyclic amines) is 1. The standard InChI is InChI=1S/C82H100N12O13/c1-51(2)42-70(82(107)94-41-19-29-72(94)81(106)85-53(4)73(83)98)92-78(103)67(45-56-22-11-7-12-23-56)88-74(99)64(28-17-18-40-84-49-59-32-30-52(3)31-33-59)87-76(101)69(47-58-35-38-63(97)39-36-58)91-80(105)71(50-95)93-79(104)68(46-57-24-13-8-14-25-57)90-77(102)66(44-55-20-9-6-10-21-55)89-75(100)65(86-54(5)96)48-60-34-37-61-26-15-16-27-62(61)43-60/h6-16,20-27,30-39,43,51,53,64-72,84,95,97H,17-19,28-29,40-42,44-50H2,1-5H3,(H2,83,98)(H,85,106)(H,86,96)(H,87,101)(H,88,99)(H,89,100)(H,90,102)(H,91,105)(H,92,103)(H,93,104)/t53-,64-,65-,66-,67-,68-,69-,70-,71-,72+/m0/s1. The summed E-state index contributed by atoms with van der Waals surface area (Å²) in [6, 6.07) is 40.3. The van der Waals surface area contributed by atoms with Gasteiger partial charge in [-0.25, -0.2) is 0 Å². The zero-order valence-electron chi connectivity index (χ0n) is 61.2. The molecule has 0 bridgehead atoms. The molecule has 7 aromatic rings. The Labute approximate surface area is 624 Å². The van der Waals surface area contributed by atoms with E-state index in [0.29, 0.717) is 61.0 Å². The van der Waals surface area contributed by atoms with Gasteiger partial charge in [-0.3, -0.25) is 52.7 Å². The molecule has 0 aliphatic carbocycles. The summed E-state index contributed by atoms with van der Waals surface area (Å²) in [5.74, 6) is -8.53. The maximum Gasteiger partial charge on any atom is 0.245 e. The molecule has 1 aliphatic heterocycles. The first-order valence-corrected chi connectivity index (χ1v) is 36.4. The number of aryl methyl sites for hydroxylation is 1. The normalized spacial score (nSPS) is 15.1. The minimum absolute atomic E-state index is 0.00547. The van der Waals surface area contributed by atoms with Crippen molar-refractivity contribution >= 4 is 75.8 Å². The number of aromatic hydroxyl groups is 1. The van der Waals surface area contributed by atoms with Crippen LogP contribution in [-0.2, 0) is 91.4 Å². The topological polar surface area (TPSA) is 378 Å². The number of aliphatic hydroxyl groups excluding tert-OH is 1. The molecule has 0 aromatic heterocycles. The lowest BCUT2D eigenvalue weighted by atomic mass is 9.99. The molecule has 25 heteroatoms. The number of nitrogens with zero attached hydrogens (tertiary/aromatic N) is 1. The number of hydrogen-bond acceptors (Lipinski definition) is 14. The molecule has 107 heavy (non-hydrogen) atoms. The molecule has 566 valence electrons. The number of nitrogens with one attached hydrogen (secondary N) is 10. The third-order valence-electron chi connectivity index (χ3n) is 18.6. The first-order chi connectivity index (χ1) is 51.4. The summed E-state index contributed by atoms with van der Waals surface area (Å²) in [5.41, 5.74) is 10.6. The van der Waals surface area contributed by atoms with Crippen molar-refractivity contribution in [1.82, 2.24) is 58.1 Å². The van der Waals surface area contributed by atoms with Crippen molar-refractivity contribution in [1.29, 1.82) is 0 Å². The van der Waals surface area contributed by atoms with Gasteiger partial charge in [-0.05, 0) is 121 Å². The van der Waals surface area contributed by atoms with E-state index in [-0.39, 0.29) is 63.2 Å². The molecule has 0 saturated carbocycles. The molecule has 1 heterocycles. The number of carbonyl (C=O) groups is 11. The third kappa shape index (κ3) is 25.8. The maximum atomic E-state index is 15.2. The van der Waals surface area contributed by atoms with Crippen LogP contribution < -0.4 is 58.9 Å². The lowest BCUT2D eigenvalue weighted by molar-refractivity contribution is -0.142. The summed E-state index contributed by atoms with van der Waals surface area (Å²) >= 11 is 0. The van der Waals surface area contributed by atoms with Crippen LogP contribution in [0, 0.1) is 12.8 Å². The molecular weight excluding hydrogens is 1360 g/mol. The highest BCUT2D eigenvalue weighted by atomic mass is 16.3. The Morgan fingerprint density at radius 3 is 1.36 bits per heavy atom. The van der Waals surface area contributed by atoms with Gasteiger partial charge in [0.15, 0.2) is 0 Å². The van der Waals surface area contributed by atoms with E-state index < -0.39 is 132 Å². The van der Waals surface area contributed by atoms with Gasteiger partial charge < -0.3 is 74.0 Å². The number of hydrogen-bond donors (Lipinski definition) is 13.